The molecule has 8 nitrogen and oxygen atoms in total. The van der Waals surface area contributed by atoms with Crippen molar-refractivity contribution < 1.29 is 23.5 Å². The quantitative estimate of drug-likeness (QED) is 0.656. The summed E-state index contributed by atoms with van der Waals surface area (Å²) in [7, 11) is 2.08. The molecule has 2 amide bonds. The molecule has 0 aromatic heterocycles. The maximum absolute atomic E-state index is 13.7. The van der Waals surface area contributed by atoms with E-state index in [2.05, 4.69) is 27.5 Å². The zero-order chi connectivity index (χ0) is 22.5. The standard InChI is InChI=1S/C23H27FN4O4/c1-27-8-10-28(11-9-27)19(16-6-7-20-21(12-16)32-15-31-20)14-26-23(30)22(29)25-13-17-4-2-3-5-18(17)24/h2-7,12,19H,8-11,13-15H2,1H3,(H,25,29)(H,26,30)/t19-/m1/s1. The minimum atomic E-state index is -0.795. The third-order valence-corrected chi connectivity index (χ3v) is 5.82. The van der Waals surface area contributed by atoms with Crippen molar-refractivity contribution in [1.82, 2.24) is 20.4 Å². The molecular weight excluding hydrogens is 415 g/mol. The van der Waals surface area contributed by atoms with Crippen molar-refractivity contribution in [3.05, 3.63) is 59.4 Å². The first-order chi connectivity index (χ1) is 15.5. The summed E-state index contributed by atoms with van der Waals surface area (Å²) < 4.78 is 24.6. The van der Waals surface area contributed by atoms with Gasteiger partial charge in [-0.3, -0.25) is 14.5 Å². The highest BCUT2D eigenvalue weighted by Gasteiger charge is 2.27. The Bertz CT molecular complexity index is 978. The van der Waals surface area contributed by atoms with Gasteiger partial charge < -0.3 is 25.0 Å². The molecule has 0 unspecified atom stereocenters. The average molecular weight is 442 g/mol. The number of nitrogens with zero attached hydrogens (tertiary/aromatic N) is 2. The lowest BCUT2D eigenvalue weighted by atomic mass is 10.0. The summed E-state index contributed by atoms with van der Waals surface area (Å²) in [6.07, 6.45) is 0. The molecule has 1 fully saturated rings. The van der Waals surface area contributed by atoms with Crippen molar-refractivity contribution in [3.63, 3.8) is 0 Å². The molecule has 32 heavy (non-hydrogen) atoms. The van der Waals surface area contributed by atoms with Crippen LogP contribution in [0.25, 0.3) is 0 Å². The Hall–Kier alpha value is -3.17. The van der Waals surface area contributed by atoms with E-state index < -0.39 is 17.6 Å². The first-order valence-electron chi connectivity index (χ1n) is 10.6. The number of hydrogen-bond donors (Lipinski definition) is 2. The number of carbonyl (C=O) groups is 2. The normalized spacial score (nSPS) is 17.1. The number of hydrogen-bond acceptors (Lipinski definition) is 6. The zero-order valence-corrected chi connectivity index (χ0v) is 18.0. The van der Waals surface area contributed by atoms with Crippen LogP contribution in [0.1, 0.15) is 17.2 Å². The van der Waals surface area contributed by atoms with Gasteiger partial charge in [-0.2, -0.15) is 0 Å². The van der Waals surface area contributed by atoms with Gasteiger partial charge >= 0.3 is 11.8 Å². The molecule has 170 valence electrons. The van der Waals surface area contributed by atoms with Gasteiger partial charge in [-0.1, -0.05) is 24.3 Å². The minimum absolute atomic E-state index is 0.0526. The molecule has 0 saturated carbocycles. The number of fused-ring (bicyclic) bond motifs is 1. The Kier molecular flexibility index (Phi) is 6.87. The largest absolute Gasteiger partial charge is 0.454 e. The van der Waals surface area contributed by atoms with Crippen LogP contribution in [0.4, 0.5) is 4.39 Å². The van der Waals surface area contributed by atoms with Crippen molar-refractivity contribution in [2.75, 3.05) is 46.6 Å². The fraction of sp³-hybridized carbons (Fsp3) is 0.391. The molecule has 2 aromatic carbocycles. The number of nitrogens with one attached hydrogen (secondary N) is 2. The number of rotatable bonds is 6. The van der Waals surface area contributed by atoms with Crippen LogP contribution in [0.15, 0.2) is 42.5 Å². The summed E-state index contributed by atoms with van der Waals surface area (Å²) in [4.78, 5) is 29.2. The van der Waals surface area contributed by atoms with E-state index >= 15 is 0 Å². The molecule has 2 aliphatic rings. The Morgan fingerprint density at radius 1 is 1.00 bits per heavy atom. The molecule has 1 atom stereocenters. The highest BCUT2D eigenvalue weighted by atomic mass is 19.1. The molecule has 2 N–H and O–H groups in total. The number of benzene rings is 2. The van der Waals surface area contributed by atoms with Crippen molar-refractivity contribution in [2.45, 2.75) is 12.6 Å². The SMILES string of the molecule is CN1CCN([C@H](CNC(=O)C(=O)NCc2ccccc2F)c2ccc3c(c2)OCO3)CC1. The Labute approximate surface area is 186 Å². The highest BCUT2D eigenvalue weighted by Crippen LogP contribution is 2.35. The molecule has 1 saturated heterocycles. The number of likely N-dealkylation sites (N-methyl/N-ethyl adjacent to an activating group) is 1. The molecule has 0 radical (unpaired) electrons. The second-order valence-corrected chi connectivity index (χ2v) is 7.95. The fourth-order valence-electron chi connectivity index (χ4n) is 3.88. The maximum atomic E-state index is 13.7. The summed E-state index contributed by atoms with van der Waals surface area (Å²) >= 11 is 0. The van der Waals surface area contributed by atoms with E-state index in [-0.39, 0.29) is 25.9 Å². The second kappa shape index (κ2) is 9.97. The smallest absolute Gasteiger partial charge is 0.309 e. The van der Waals surface area contributed by atoms with E-state index in [0.717, 1.165) is 31.7 Å². The Morgan fingerprint density at radius 3 is 2.50 bits per heavy atom. The monoisotopic (exact) mass is 442 g/mol. The lowest BCUT2D eigenvalue weighted by Gasteiger charge is -2.38. The van der Waals surface area contributed by atoms with E-state index in [9.17, 15) is 14.0 Å². The number of halogens is 1. The van der Waals surface area contributed by atoms with Crippen molar-refractivity contribution >= 4 is 11.8 Å². The average Bonchev–Trinajstić information content (AvgIpc) is 3.27. The van der Waals surface area contributed by atoms with E-state index in [1.54, 1.807) is 18.2 Å². The number of carbonyl (C=O) groups excluding carboxylic acids is 2. The first kappa shape index (κ1) is 22.0. The summed E-state index contributed by atoms with van der Waals surface area (Å²) in [6, 6.07) is 11.8. The van der Waals surface area contributed by atoms with Gasteiger partial charge in [-0.05, 0) is 30.8 Å². The molecule has 2 aliphatic heterocycles. The summed E-state index contributed by atoms with van der Waals surface area (Å²) in [5.74, 6) is -0.596. The molecule has 9 heteroatoms. The van der Waals surface area contributed by atoms with Gasteiger partial charge in [-0.25, -0.2) is 4.39 Å². The third kappa shape index (κ3) is 5.17. The van der Waals surface area contributed by atoms with Crippen molar-refractivity contribution in [2.24, 2.45) is 0 Å². The van der Waals surface area contributed by atoms with Gasteiger partial charge in [0.2, 0.25) is 6.79 Å². The van der Waals surface area contributed by atoms with E-state index in [4.69, 9.17) is 9.47 Å². The molecule has 0 bridgehead atoms. The summed E-state index contributed by atoms with van der Waals surface area (Å²) in [5, 5.41) is 5.21. The third-order valence-electron chi connectivity index (χ3n) is 5.82. The lowest BCUT2D eigenvalue weighted by molar-refractivity contribution is -0.139. The van der Waals surface area contributed by atoms with Crippen molar-refractivity contribution in [3.8, 4) is 11.5 Å². The molecule has 2 heterocycles. The van der Waals surface area contributed by atoms with Crippen LogP contribution in [-0.2, 0) is 16.1 Å². The maximum Gasteiger partial charge on any atom is 0.309 e. The van der Waals surface area contributed by atoms with Gasteiger partial charge in [0, 0.05) is 44.8 Å². The predicted molar refractivity (Wildman–Crippen MR) is 116 cm³/mol. The van der Waals surface area contributed by atoms with E-state index in [0.29, 0.717) is 17.1 Å². The fourth-order valence-corrected chi connectivity index (χ4v) is 3.88. The number of ether oxygens (including phenoxy) is 2. The molecular formula is C23H27FN4O4. The predicted octanol–water partition coefficient (Wildman–Crippen LogP) is 1.28. The molecule has 2 aromatic rings. The molecule has 4 rings (SSSR count). The van der Waals surface area contributed by atoms with Crippen LogP contribution >= 0.6 is 0 Å². The van der Waals surface area contributed by atoms with Crippen LogP contribution in [0.3, 0.4) is 0 Å². The minimum Gasteiger partial charge on any atom is -0.454 e. The second-order valence-electron chi connectivity index (χ2n) is 7.95. The van der Waals surface area contributed by atoms with Gasteiger partial charge in [0.1, 0.15) is 5.82 Å². The lowest BCUT2D eigenvalue weighted by Crippen LogP contribution is -2.49. The van der Waals surface area contributed by atoms with Crippen LogP contribution in [0.5, 0.6) is 11.5 Å². The van der Waals surface area contributed by atoms with Crippen LogP contribution in [0, 0.1) is 5.82 Å². The summed E-state index contributed by atoms with van der Waals surface area (Å²) in [5.41, 5.74) is 1.30. The van der Waals surface area contributed by atoms with Crippen molar-refractivity contribution in [1.29, 1.82) is 0 Å². The Morgan fingerprint density at radius 2 is 1.72 bits per heavy atom. The highest BCUT2D eigenvalue weighted by molar-refractivity contribution is 6.35. The van der Waals surface area contributed by atoms with Gasteiger partial charge in [0.05, 0.1) is 6.04 Å². The van der Waals surface area contributed by atoms with Crippen LogP contribution in [-0.4, -0.2) is 68.2 Å². The zero-order valence-electron chi connectivity index (χ0n) is 18.0. The Balaban J connectivity index is 1.40. The first-order valence-corrected chi connectivity index (χ1v) is 10.6. The van der Waals surface area contributed by atoms with Gasteiger partial charge in [0.15, 0.2) is 11.5 Å². The molecule has 0 spiro atoms. The molecule has 0 aliphatic carbocycles. The topological polar surface area (TPSA) is 83.1 Å². The summed E-state index contributed by atoms with van der Waals surface area (Å²) in [6.45, 7) is 3.90. The van der Waals surface area contributed by atoms with E-state index in [1.165, 1.54) is 6.07 Å². The number of amides is 2. The van der Waals surface area contributed by atoms with E-state index in [1.807, 2.05) is 18.2 Å². The number of piperazine rings is 1. The van der Waals surface area contributed by atoms with Gasteiger partial charge in [-0.15, -0.1) is 0 Å². The van der Waals surface area contributed by atoms with Gasteiger partial charge in [0.25, 0.3) is 0 Å². The van der Waals surface area contributed by atoms with Crippen LogP contribution in [0.2, 0.25) is 0 Å². The van der Waals surface area contributed by atoms with Crippen LogP contribution < -0.4 is 20.1 Å².